The zero-order valence-corrected chi connectivity index (χ0v) is 16.3. The SMILES string of the molecule is CC(C)(C)OC(=O)NC1CCC(N2CCN(c3ccccn3)CC2)CC1. The van der Waals surface area contributed by atoms with Crippen molar-refractivity contribution in [3.8, 4) is 0 Å². The molecule has 6 nitrogen and oxygen atoms in total. The summed E-state index contributed by atoms with van der Waals surface area (Å²) in [7, 11) is 0. The maximum Gasteiger partial charge on any atom is 0.407 e. The molecule has 144 valence electrons. The molecule has 0 radical (unpaired) electrons. The molecule has 1 N–H and O–H groups in total. The van der Waals surface area contributed by atoms with E-state index in [1.165, 1.54) is 0 Å². The minimum Gasteiger partial charge on any atom is -0.444 e. The Morgan fingerprint density at radius 2 is 1.81 bits per heavy atom. The van der Waals surface area contributed by atoms with Gasteiger partial charge in [0.15, 0.2) is 0 Å². The highest BCUT2D eigenvalue weighted by molar-refractivity contribution is 5.68. The molecule has 1 aromatic rings. The second kappa shape index (κ2) is 8.25. The van der Waals surface area contributed by atoms with Crippen LogP contribution >= 0.6 is 0 Å². The van der Waals surface area contributed by atoms with Gasteiger partial charge in [-0.3, -0.25) is 4.90 Å². The normalized spacial score (nSPS) is 25.0. The van der Waals surface area contributed by atoms with Crippen LogP contribution in [0.3, 0.4) is 0 Å². The van der Waals surface area contributed by atoms with Crippen LogP contribution in [0.2, 0.25) is 0 Å². The number of hydrogen-bond acceptors (Lipinski definition) is 5. The molecular weight excluding hydrogens is 328 g/mol. The third-order valence-corrected chi connectivity index (χ3v) is 5.22. The van der Waals surface area contributed by atoms with Gasteiger partial charge in [0.25, 0.3) is 0 Å². The number of amides is 1. The van der Waals surface area contributed by atoms with Crippen LogP contribution in [0.4, 0.5) is 10.6 Å². The number of carbonyl (C=O) groups is 1. The lowest BCUT2D eigenvalue weighted by atomic mass is 9.90. The first-order chi connectivity index (χ1) is 12.4. The zero-order chi connectivity index (χ0) is 18.6. The van der Waals surface area contributed by atoms with Crippen LogP contribution < -0.4 is 10.2 Å². The fraction of sp³-hybridized carbons (Fsp3) is 0.700. The Bertz CT molecular complexity index is 571. The van der Waals surface area contributed by atoms with E-state index in [0.29, 0.717) is 6.04 Å². The Kier molecular flexibility index (Phi) is 6.01. The van der Waals surface area contributed by atoms with Gasteiger partial charge in [0.05, 0.1) is 0 Å². The molecule has 0 bridgehead atoms. The zero-order valence-electron chi connectivity index (χ0n) is 16.3. The molecule has 2 fully saturated rings. The quantitative estimate of drug-likeness (QED) is 0.898. The molecule has 1 amide bonds. The van der Waals surface area contributed by atoms with E-state index in [0.717, 1.165) is 57.7 Å². The van der Waals surface area contributed by atoms with Crippen molar-refractivity contribution < 1.29 is 9.53 Å². The van der Waals surface area contributed by atoms with Gasteiger partial charge in [-0.05, 0) is 58.6 Å². The van der Waals surface area contributed by atoms with Crippen LogP contribution in [0.1, 0.15) is 46.5 Å². The molecule has 1 aliphatic carbocycles. The van der Waals surface area contributed by atoms with Crippen molar-refractivity contribution in [2.24, 2.45) is 0 Å². The predicted molar refractivity (Wildman–Crippen MR) is 103 cm³/mol. The summed E-state index contributed by atoms with van der Waals surface area (Å²) in [5.41, 5.74) is -0.436. The number of hydrogen-bond donors (Lipinski definition) is 1. The fourth-order valence-corrected chi connectivity index (χ4v) is 3.92. The summed E-state index contributed by atoms with van der Waals surface area (Å²) >= 11 is 0. The number of nitrogens with one attached hydrogen (secondary N) is 1. The van der Waals surface area contributed by atoms with Gasteiger partial charge in [-0.1, -0.05) is 6.07 Å². The summed E-state index contributed by atoms with van der Waals surface area (Å²) in [4.78, 5) is 21.4. The van der Waals surface area contributed by atoms with Crippen molar-refractivity contribution in [3.63, 3.8) is 0 Å². The highest BCUT2D eigenvalue weighted by atomic mass is 16.6. The van der Waals surface area contributed by atoms with Crippen LogP contribution in [-0.2, 0) is 4.74 Å². The van der Waals surface area contributed by atoms with E-state index >= 15 is 0 Å². The lowest BCUT2D eigenvalue weighted by Crippen LogP contribution is -2.52. The number of alkyl carbamates (subject to hydrolysis) is 1. The molecule has 0 unspecified atom stereocenters. The van der Waals surface area contributed by atoms with Gasteiger partial charge in [-0.15, -0.1) is 0 Å². The van der Waals surface area contributed by atoms with Gasteiger partial charge in [0, 0.05) is 44.5 Å². The summed E-state index contributed by atoms with van der Waals surface area (Å²) in [6, 6.07) is 6.98. The molecule has 0 atom stereocenters. The topological polar surface area (TPSA) is 57.7 Å². The van der Waals surface area contributed by atoms with Gasteiger partial charge in [0.2, 0.25) is 0 Å². The second-order valence-electron chi connectivity index (χ2n) is 8.36. The Balaban J connectivity index is 1.40. The molecule has 1 saturated heterocycles. The van der Waals surface area contributed by atoms with Crippen LogP contribution in [0.25, 0.3) is 0 Å². The van der Waals surface area contributed by atoms with Gasteiger partial charge in [-0.2, -0.15) is 0 Å². The van der Waals surface area contributed by atoms with E-state index < -0.39 is 5.60 Å². The maximum absolute atomic E-state index is 11.9. The number of anilines is 1. The number of aromatic nitrogens is 1. The molecule has 1 aromatic heterocycles. The van der Waals surface area contributed by atoms with Gasteiger partial charge >= 0.3 is 6.09 Å². The molecule has 0 spiro atoms. The first kappa shape index (κ1) is 19.0. The van der Waals surface area contributed by atoms with E-state index in [2.05, 4.69) is 26.2 Å². The molecule has 6 heteroatoms. The Morgan fingerprint density at radius 3 is 2.38 bits per heavy atom. The molecule has 1 saturated carbocycles. The number of piperazine rings is 1. The van der Waals surface area contributed by atoms with E-state index in [4.69, 9.17) is 4.74 Å². The lowest BCUT2D eigenvalue weighted by Gasteiger charge is -2.42. The van der Waals surface area contributed by atoms with Crippen molar-refractivity contribution in [1.82, 2.24) is 15.2 Å². The smallest absolute Gasteiger partial charge is 0.407 e. The first-order valence-electron chi connectivity index (χ1n) is 9.80. The average molecular weight is 361 g/mol. The minimum atomic E-state index is -0.436. The average Bonchev–Trinajstić information content (AvgIpc) is 2.62. The molecule has 26 heavy (non-hydrogen) atoms. The lowest BCUT2D eigenvalue weighted by molar-refractivity contribution is 0.0475. The first-order valence-corrected chi connectivity index (χ1v) is 9.80. The van der Waals surface area contributed by atoms with Gasteiger partial charge in [0.1, 0.15) is 11.4 Å². The third kappa shape index (κ3) is 5.34. The Labute approximate surface area is 156 Å². The van der Waals surface area contributed by atoms with Crippen molar-refractivity contribution in [3.05, 3.63) is 24.4 Å². The Hall–Kier alpha value is -1.82. The standard InChI is InChI=1S/C20H32N4O2/c1-20(2,3)26-19(25)22-16-7-9-17(10-8-16)23-12-14-24(15-13-23)18-6-4-5-11-21-18/h4-6,11,16-17H,7-10,12-15H2,1-3H3,(H,22,25). The molecule has 3 rings (SSSR count). The summed E-state index contributed by atoms with van der Waals surface area (Å²) in [5.74, 6) is 1.08. The summed E-state index contributed by atoms with van der Waals surface area (Å²) in [6.45, 7) is 9.94. The van der Waals surface area contributed by atoms with Gasteiger partial charge < -0.3 is 15.0 Å². The monoisotopic (exact) mass is 360 g/mol. The highest BCUT2D eigenvalue weighted by Gasteiger charge is 2.29. The van der Waals surface area contributed by atoms with E-state index in [1.807, 2.05) is 39.1 Å². The molecule has 2 heterocycles. The van der Waals surface area contributed by atoms with E-state index in [1.54, 1.807) is 0 Å². The number of nitrogens with zero attached hydrogens (tertiary/aromatic N) is 3. The number of pyridine rings is 1. The van der Waals surface area contributed by atoms with Gasteiger partial charge in [-0.25, -0.2) is 9.78 Å². The number of carbonyl (C=O) groups excluding carboxylic acids is 1. The maximum atomic E-state index is 11.9. The predicted octanol–water partition coefficient (Wildman–Crippen LogP) is 3.04. The molecule has 2 aliphatic rings. The third-order valence-electron chi connectivity index (χ3n) is 5.22. The Morgan fingerprint density at radius 1 is 1.12 bits per heavy atom. The van der Waals surface area contributed by atoms with Crippen LogP contribution in [-0.4, -0.2) is 59.8 Å². The number of ether oxygens (including phenoxy) is 1. The van der Waals surface area contributed by atoms with Crippen molar-refractivity contribution >= 4 is 11.9 Å². The van der Waals surface area contributed by atoms with Crippen molar-refractivity contribution in [1.29, 1.82) is 0 Å². The molecular formula is C20H32N4O2. The highest BCUT2D eigenvalue weighted by Crippen LogP contribution is 2.25. The minimum absolute atomic E-state index is 0.246. The summed E-state index contributed by atoms with van der Waals surface area (Å²) in [6.07, 6.45) is 5.92. The molecule has 1 aliphatic heterocycles. The van der Waals surface area contributed by atoms with Crippen LogP contribution in [0.15, 0.2) is 24.4 Å². The molecule has 0 aromatic carbocycles. The summed E-state index contributed by atoms with van der Waals surface area (Å²) < 4.78 is 5.37. The number of rotatable bonds is 3. The van der Waals surface area contributed by atoms with Crippen LogP contribution in [0, 0.1) is 0 Å². The van der Waals surface area contributed by atoms with E-state index in [-0.39, 0.29) is 12.1 Å². The summed E-state index contributed by atoms with van der Waals surface area (Å²) in [5, 5.41) is 3.03. The van der Waals surface area contributed by atoms with Crippen molar-refractivity contribution in [2.45, 2.75) is 64.1 Å². The largest absolute Gasteiger partial charge is 0.444 e. The van der Waals surface area contributed by atoms with E-state index in [9.17, 15) is 4.79 Å². The van der Waals surface area contributed by atoms with Crippen molar-refractivity contribution in [2.75, 3.05) is 31.1 Å². The van der Waals surface area contributed by atoms with Crippen LogP contribution in [0.5, 0.6) is 0 Å². The fourth-order valence-electron chi connectivity index (χ4n) is 3.92. The second-order valence-corrected chi connectivity index (χ2v) is 8.36.